The summed E-state index contributed by atoms with van der Waals surface area (Å²) in [7, 11) is 1.73. The van der Waals surface area contributed by atoms with Gasteiger partial charge in [-0.2, -0.15) is 0 Å². The number of hydrogen-bond donors (Lipinski definition) is 2. The maximum Gasteiger partial charge on any atom is 0.350 e. The van der Waals surface area contributed by atoms with Gasteiger partial charge in [-0.25, -0.2) is 9.78 Å². The van der Waals surface area contributed by atoms with E-state index < -0.39 is 0 Å². The van der Waals surface area contributed by atoms with Crippen LogP contribution in [0.1, 0.15) is 45.8 Å². The molecule has 2 atom stereocenters. The minimum atomic E-state index is -0.323. The molecule has 2 unspecified atom stereocenters. The minimum Gasteiger partial charge on any atom is -0.488 e. The third kappa shape index (κ3) is 4.62. The van der Waals surface area contributed by atoms with Crippen molar-refractivity contribution >= 4 is 23.3 Å². The number of aryl methyl sites for hydroxylation is 1. The second-order valence-electron chi connectivity index (χ2n) is 6.56. The molecule has 3 rings (SSSR count). The summed E-state index contributed by atoms with van der Waals surface area (Å²) in [6, 6.07) is 8.00. The molecule has 8 heteroatoms. The summed E-state index contributed by atoms with van der Waals surface area (Å²) >= 11 is 1.35. The van der Waals surface area contributed by atoms with Gasteiger partial charge in [0.2, 0.25) is 0 Å². The number of aliphatic imine (C=N–C) groups is 1. The van der Waals surface area contributed by atoms with Crippen LogP contribution < -0.4 is 15.4 Å². The average molecular weight is 403 g/mol. The molecule has 1 aromatic heterocycles. The highest BCUT2D eigenvalue weighted by molar-refractivity contribution is 7.13. The third-order valence-electron chi connectivity index (χ3n) is 4.43. The van der Waals surface area contributed by atoms with E-state index in [1.54, 1.807) is 14.0 Å². The van der Waals surface area contributed by atoms with E-state index >= 15 is 0 Å². The van der Waals surface area contributed by atoms with Crippen molar-refractivity contribution < 1.29 is 14.3 Å². The van der Waals surface area contributed by atoms with Crippen molar-refractivity contribution in [3.05, 3.63) is 45.4 Å². The largest absolute Gasteiger partial charge is 0.488 e. The fraction of sp³-hybridized carbons (Fsp3) is 0.450. The van der Waals surface area contributed by atoms with Crippen LogP contribution in [-0.2, 0) is 11.2 Å². The molecule has 0 fully saturated rings. The lowest BCUT2D eigenvalue weighted by atomic mass is 10.1. The highest BCUT2D eigenvalue weighted by atomic mass is 32.1. The van der Waals surface area contributed by atoms with Crippen molar-refractivity contribution in [2.24, 2.45) is 4.99 Å². The molecule has 1 aromatic carbocycles. The van der Waals surface area contributed by atoms with Gasteiger partial charge in [0.1, 0.15) is 21.7 Å². The Labute approximate surface area is 169 Å². The molecule has 0 radical (unpaired) electrons. The summed E-state index contributed by atoms with van der Waals surface area (Å²) in [5.41, 5.74) is 1.92. The summed E-state index contributed by atoms with van der Waals surface area (Å²) in [6.07, 6.45) is 0.952. The topological polar surface area (TPSA) is 84.8 Å². The van der Waals surface area contributed by atoms with Gasteiger partial charge in [0.05, 0.1) is 24.9 Å². The first-order valence-electron chi connectivity index (χ1n) is 9.38. The molecule has 1 aliphatic heterocycles. The van der Waals surface area contributed by atoms with E-state index in [0.29, 0.717) is 29.7 Å². The molecule has 0 amide bonds. The Hall–Kier alpha value is -2.61. The number of aromatic nitrogens is 1. The Morgan fingerprint density at radius 2 is 2.25 bits per heavy atom. The number of nitrogens with zero attached hydrogens (tertiary/aromatic N) is 2. The number of thiazole rings is 1. The number of esters is 1. The maximum absolute atomic E-state index is 12.0. The number of rotatable bonds is 6. The van der Waals surface area contributed by atoms with Crippen LogP contribution in [0.15, 0.2) is 29.3 Å². The minimum absolute atomic E-state index is 0.0729. The SMILES string of the molecule is CCOC(=O)c1sc(C(C)NC(=NC)NCC2Cc3ccccc3O2)nc1C. The highest BCUT2D eigenvalue weighted by Crippen LogP contribution is 2.28. The number of guanidine groups is 1. The number of fused-ring (bicyclic) bond motifs is 1. The Balaban J connectivity index is 1.55. The molecule has 0 saturated carbocycles. The van der Waals surface area contributed by atoms with Crippen LogP contribution in [-0.4, -0.2) is 43.2 Å². The lowest BCUT2D eigenvalue weighted by Crippen LogP contribution is -2.43. The van der Waals surface area contributed by atoms with E-state index in [0.717, 1.165) is 17.2 Å². The number of benzene rings is 1. The van der Waals surface area contributed by atoms with Crippen molar-refractivity contribution in [3.8, 4) is 5.75 Å². The predicted octanol–water partition coefficient (Wildman–Crippen LogP) is 2.86. The van der Waals surface area contributed by atoms with Crippen LogP contribution in [0.4, 0.5) is 0 Å². The Kier molecular flexibility index (Phi) is 6.51. The van der Waals surface area contributed by atoms with Crippen molar-refractivity contribution in [2.75, 3.05) is 20.2 Å². The van der Waals surface area contributed by atoms with Crippen LogP contribution in [0, 0.1) is 6.92 Å². The zero-order valence-electron chi connectivity index (χ0n) is 16.6. The van der Waals surface area contributed by atoms with Gasteiger partial charge < -0.3 is 20.1 Å². The summed E-state index contributed by atoms with van der Waals surface area (Å²) < 4.78 is 11.0. The van der Waals surface area contributed by atoms with Crippen molar-refractivity contribution in [3.63, 3.8) is 0 Å². The molecule has 2 N–H and O–H groups in total. The van der Waals surface area contributed by atoms with Crippen LogP contribution in [0.5, 0.6) is 5.75 Å². The molecule has 1 aliphatic rings. The predicted molar refractivity (Wildman–Crippen MR) is 110 cm³/mol. The van der Waals surface area contributed by atoms with Gasteiger partial charge in [0, 0.05) is 13.5 Å². The monoisotopic (exact) mass is 402 g/mol. The molecule has 7 nitrogen and oxygen atoms in total. The average Bonchev–Trinajstić information content (AvgIpc) is 3.28. The van der Waals surface area contributed by atoms with Crippen LogP contribution in [0.25, 0.3) is 0 Å². The molecule has 2 aromatic rings. The van der Waals surface area contributed by atoms with E-state index in [4.69, 9.17) is 9.47 Å². The smallest absolute Gasteiger partial charge is 0.350 e. The number of carbonyl (C=O) groups is 1. The fourth-order valence-electron chi connectivity index (χ4n) is 3.03. The molecule has 150 valence electrons. The molecule has 2 heterocycles. The van der Waals surface area contributed by atoms with Crippen LogP contribution >= 0.6 is 11.3 Å². The second kappa shape index (κ2) is 9.05. The lowest BCUT2D eigenvalue weighted by Gasteiger charge is -2.18. The van der Waals surface area contributed by atoms with E-state index in [1.807, 2.05) is 32.0 Å². The van der Waals surface area contributed by atoms with Crippen molar-refractivity contribution in [2.45, 2.75) is 39.3 Å². The summed E-state index contributed by atoms with van der Waals surface area (Å²) in [6.45, 7) is 6.60. The first-order valence-corrected chi connectivity index (χ1v) is 10.2. The first kappa shape index (κ1) is 20.1. The number of carbonyl (C=O) groups excluding carboxylic acids is 1. The van der Waals surface area contributed by atoms with Gasteiger partial charge in [-0.15, -0.1) is 11.3 Å². The number of para-hydroxylation sites is 1. The quantitative estimate of drug-likeness (QED) is 0.439. The van der Waals surface area contributed by atoms with Gasteiger partial charge in [-0.1, -0.05) is 18.2 Å². The molecule has 28 heavy (non-hydrogen) atoms. The van der Waals surface area contributed by atoms with Gasteiger partial charge >= 0.3 is 5.97 Å². The molecular weight excluding hydrogens is 376 g/mol. The highest BCUT2D eigenvalue weighted by Gasteiger charge is 2.23. The van der Waals surface area contributed by atoms with E-state index in [-0.39, 0.29) is 18.1 Å². The van der Waals surface area contributed by atoms with Gasteiger partial charge in [-0.05, 0) is 32.4 Å². The molecule has 0 spiro atoms. The maximum atomic E-state index is 12.0. The first-order chi connectivity index (χ1) is 13.5. The zero-order valence-corrected chi connectivity index (χ0v) is 17.4. The number of nitrogens with one attached hydrogen (secondary N) is 2. The summed E-state index contributed by atoms with van der Waals surface area (Å²) in [4.78, 5) is 21.3. The Morgan fingerprint density at radius 1 is 1.46 bits per heavy atom. The van der Waals surface area contributed by atoms with E-state index in [1.165, 1.54) is 16.9 Å². The van der Waals surface area contributed by atoms with E-state index in [2.05, 4.69) is 26.7 Å². The Morgan fingerprint density at radius 3 is 2.96 bits per heavy atom. The van der Waals surface area contributed by atoms with Crippen molar-refractivity contribution in [1.82, 2.24) is 15.6 Å². The molecule has 0 bridgehead atoms. The molecule has 0 aliphatic carbocycles. The molecular formula is C20H26N4O3S. The van der Waals surface area contributed by atoms with Gasteiger partial charge in [-0.3, -0.25) is 4.99 Å². The Bertz CT molecular complexity index is 840. The van der Waals surface area contributed by atoms with Crippen molar-refractivity contribution in [1.29, 1.82) is 0 Å². The summed E-state index contributed by atoms with van der Waals surface area (Å²) in [5, 5.41) is 7.44. The second-order valence-corrected chi connectivity index (χ2v) is 7.59. The van der Waals surface area contributed by atoms with Gasteiger partial charge in [0.25, 0.3) is 0 Å². The fourth-order valence-corrected chi connectivity index (χ4v) is 3.99. The zero-order chi connectivity index (χ0) is 20.1. The lowest BCUT2D eigenvalue weighted by molar-refractivity contribution is 0.0531. The van der Waals surface area contributed by atoms with Gasteiger partial charge in [0.15, 0.2) is 5.96 Å². The number of ether oxygens (including phenoxy) is 2. The number of hydrogen-bond acceptors (Lipinski definition) is 6. The third-order valence-corrected chi connectivity index (χ3v) is 5.75. The molecule has 0 saturated heterocycles. The normalized spacial score (nSPS) is 16.9. The standard InChI is InChI=1S/C20H26N4O3S/c1-5-26-19(25)17-12(2)23-18(28-17)13(3)24-20(21-4)22-11-15-10-14-8-6-7-9-16(14)27-15/h6-9,13,15H,5,10-11H2,1-4H3,(H2,21,22,24). The van der Waals surface area contributed by atoms with Crippen LogP contribution in [0.3, 0.4) is 0 Å². The van der Waals surface area contributed by atoms with Crippen LogP contribution in [0.2, 0.25) is 0 Å². The van der Waals surface area contributed by atoms with E-state index in [9.17, 15) is 4.79 Å². The summed E-state index contributed by atoms with van der Waals surface area (Å²) in [5.74, 6) is 1.30.